The summed E-state index contributed by atoms with van der Waals surface area (Å²) in [4.78, 5) is 18.4. The van der Waals surface area contributed by atoms with E-state index in [1.807, 2.05) is 0 Å². The van der Waals surface area contributed by atoms with Crippen LogP contribution in [0.25, 0.3) is 0 Å². The molecule has 4 saturated carbocycles. The van der Waals surface area contributed by atoms with E-state index in [9.17, 15) is 4.79 Å². The van der Waals surface area contributed by atoms with Gasteiger partial charge in [-0.05, 0) is 88.3 Å². The van der Waals surface area contributed by atoms with Gasteiger partial charge in [0, 0.05) is 32.7 Å². The second kappa shape index (κ2) is 7.94. The number of hydrogen-bond donors (Lipinski definition) is 1. The Morgan fingerprint density at radius 1 is 1.03 bits per heavy atom. The SMILES string of the molecule is Cc1ccc(C23CC4CC(CC(C(=O)NCCCN5CCN(C)CC5)(C4)C2)C3)cc1. The molecule has 2 unspecified atom stereocenters. The van der Waals surface area contributed by atoms with E-state index in [1.165, 1.54) is 43.5 Å². The molecular weight excluding hydrogens is 370 g/mol. The number of benzene rings is 1. The first-order valence-electron chi connectivity index (χ1n) is 12.2. The number of amides is 1. The molecule has 5 fully saturated rings. The van der Waals surface area contributed by atoms with Crippen molar-refractivity contribution in [1.29, 1.82) is 0 Å². The number of aryl methyl sites for hydroxylation is 1. The monoisotopic (exact) mass is 409 g/mol. The van der Waals surface area contributed by atoms with Crippen molar-refractivity contribution in [2.45, 2.75) is 57.3 Å². The number of carbonyl (C=O) groups is 1. The number of likely N-dealkylation sites (N-methyl/N-ethyl adjacent to an activating group) is 1. The molecule has 0 spiro atoms. The van der Waals surface area contributed by atoms with Crippen molar-refractivity contribution in [2.24, 2.45) is 17.3 Å². The summed E-state index contributed by atoms with van der Waals surface area (Å²) >= 11 is 0. The predicted octanol–water partition coefficient (Wildman–Crippen LogP) is 3.59. The number of piperazine rings is 1. The molecule has 5 aliphatic rings. The smallest absolute Gasteiger partial charge is 0.226 e. The van der Waals surface area contributed by atoms with Crippen molar-refractivity contribution in [3.05, 3.63) is 35.4 Å². The lowest BCUT2D eigenvalue weighted by molar-refractivity contribution is -0.149. The summed E-state index contributed by atoms with van der Waals surface area (Å²) in [7, 11) is 2.20. The fraction of sp³-hybridized carbons (Fsp3) is 0.731. The Bertz CT molecular complexity index is 751. The number of hydrogen-bond acceptors (Lipinski definition) is 3. The number of nitrogens with zero attached hydrogens (tertiary/aromatic N) is 2. The van der Waals surface area contributed by atoms with Crippen LogP contribution in [0.2, 0.25) is 0 Å². The van der Waals surface area contributed by atoms with Crippen LogP contribution in [0.1, 0.15) is 56.1 Å². The van der Waals surface area contributed by atoms with E-state index in [1.54, 1.807) is 0 Å². The maximum absolute atomic E-state index is 13.5. The summed E-state index contributed by atoms with van der Waals surface area (Å²) < 4.78 is 0. The third-order valence-corrected chi connectivity index (χ3v) is 8.74. The lowest BCUT2D eigenvalue weighted by atomic mass is 9.42. The summed E-state index contributed by atoms with van der Waals surface area (Å²) in [5, 5.41) is 3.39. The standard InChI is InChI=1S/C26H39N3O/c1-20-4-6-23(7-5-20)25-15-21-14-22(16-25)18-26(17-21,19-25)24(30)27-8-3-9-29-12-10-28(2)11-13-29/h4-7,21-22H,3,8-19H2,1-2H3,(H,27,30). The van der Waals surface area contributed by atoms with Crippen molar-refractivity contribution < 1.29 is 4.79 Å². The third kappa shape index (κ3) is 3.82. The molecule has 164 valence electrons. The average molecular weight is 410 g/mol. The highest BCUT2D eigenvalue weighted by molar-refractivity contribution is 5.83. The van der Waals surface area contributed by atoms with E-state index in [0.29, 0.717) is 5.91 Å². The normalized spacial score (nSPS) is 36.2. The second-order valence-electron chi connectivity index (χ2n) is 11.1. The first-order chi connectivity index (χ1) is 14.5. The molecular formula is C26H39N3O. The lowest BCUT2D eigenvalue weighted by Crippen LogP contribution is -2.59. The molecule has 1 aliphatic heterocycles. The molecule has 4 heteroatoms. The van der Waals surface area contributed by atoms with Crippen molar-refractivity contribution in [2.75, 3.05) is 46.3 Å². The molecule has 1 heterocycles. The summed E-state index contributed by atoms with van der Waals surface area (Å²) in [5.41, 5.74) is 2.96. The summed E-state index contributed by atoms with van der Waals surface area (Å²) in [5.74, 6) is 1.85. The Kier molecular flexibility index (Phi) is 5.43. The molecule has 1 aromatic rings. The minimum atomic E-state index is -0.108. The van der Waals surface area contributed by atoms with Crippen LogP contribution in [-0.4, -0.2) is 62.0 Å². The van der Waals surface area contributed by atoms with Crippen molar-refractivity contribution >= 4 is 5.91 Å². The zero-order valence-electron chi connectivity index (χ0n) is 19.0. The quantitative estimate of drug-likeness (QED) is 0.730. The van der Waals surface area contributed by atoms with E-state index in [4.69, 9.17) is 0 Å². The van der Waals surface area contributed by atoms with Crippen LogP contribution in [-0.2, 0) is 10.2 Å². The van der Waals surface area contributed by atoms with E-state index < -0.39 is 0 Å². The maximum atomic E-state index is 13.5. The van der Waals surface area contributed by atoms with Gasteiger partial charge in [0.25, 0.3) is 0 Å². The molecule has 1 amide bonds. The van der Waals surface area contributed by atoms with Crippen LogP contribution in [0.5, 0.6) is 0 Å². The fourth-order valence-corrected chi connectivity index (χ4v) is 7.54. The van der Waals surface area contributed by atoms with Gasteiger partial charge >= 0.3 is 0 Å². The molecule has 0 aromatic heterocycles. The largest absolute Gasteiger partial charge is 0.356 e. The van der Waals surface area contributed by atoms with Gasteiger partial charge in [0.2, 0.25) is 5.91 Å². The van der Waals surface area contributed by atoms with Crippen LogP contribution >= 0.6 is 0 Å². The summed E-state index contributed by atoms with van der Waals surface area (Å²) in [6.07, 6.45) is 8.34. The van der Waals surface area contributed by atoms with E-state index in [2.05, 4.69) is 53.4 Å². The van der Waals surface area contributed by atoms with Crippen LogP contribution in [0, 0.1) is 24.2 Å². The second-order valence-corrected chi connectivity index (χ2v) is 11.1. The van der Waals surface area contributed by atoms with Gasteiger partial charge in [-0.3, -0.25) is 4.79 Å². The minimum absolute atomic E-state index is 0.108. The molecule has 0 radical (unpaired) electrons. The fourth-order valence-electron chi connectivity index (χ4n) is 7.54. The zero-order chi connectivity index (χ0) is 20.8. The average Bonchev–Trinajstić information content (AvgIpc) is 2.72. The Labute approximate surface area is 182 Å². The molecule has 2 atom stereocenters. The maximum Gasteiger partial charge on any atom is 0.226 e. The molecule has 1 saturated heterocycles. The van der Waals surface area contributed by atoms with Crippen LogP contribution in [0.4, 0.5) is 0 Å². The van der Waals surface area contributed by atoms with Gasteiger partial charge in [0.1, 0.15) is 0 Å². The Balaban J connectivity index is 1.22. The third-order valence-electron chi connectivity index (χ3n) is 8.74. The Hall–Kier alpha value is -1.39. The Morgan fingerprint density at radius 2 is 1.70 bits per heavy atom. The number of rotatable bonds is 6. The number of nitrogens with one attached hydrogen (secondary N) is 1. The van der Waals surface area contributed by atoms with Gasteiger partial charge in [-0.2, -0.15) is 0 Å². The lowest BCUT2D eigenvalue weighted by Gasteiger charge is -2.61. The summed E-state index contributed by atoms with van der Waals surface area (Å²) in [6, 6.07) is 9.23. The van der Waals surface area contributed by atoms with Crippen LogP contribution in [0.15, 0.2) is 24.3 Å². The van der Waals surface area contributed by atoms with Crippen LogP contribution < -0.4 is 5.32 Å². The van der Waals surface area contributed by atoms with Crippen molar-refractivity contribution in [3.8, 4) is 0 Å². The molecule has 4 nitrogen and oxygen atoms in total. The van der Waals surface area contributed by atoms with Gasteiger partial charge < -0.3 is 15.1 Å². The first-order valence-corrected chi connectivity index (χ1v) is 12.2. The predicted molar refractivity (Wildman–Crippen MR) is 122 cm³/mol. The highest BCUT2D eigenvalue weighted by Gasteiger charge is 2.60. The number of carbonyl (C=O) groups excluding carboxylic acids is 1. The van der Waals surface area contributed by atoms with Crippen molar-refractivity contribution in [3.63, 3.8) is 0 Å². The molecule has 1 N–H and O–H groups in total. The summed E-state index contributed by atoms with van der Waals surface area (Å²) in [6.45, 7) is 8.77. The zero-order valence-corrected chi connectivity index (χ0v) is 19.0. The van der Waals surface area contributed by atoms with E-state index in [0.717, 1.165) is 63.7 Å². The first kappa shape index (κ1) is 20.5. The topological polar surface area (TPSA) is 35.6 Å². The van der Waals surface area contributed by atoms with Crippen LogP contribution in [0.3, 0.4) is 0 Å². The van der Waals surface area contributed by atoms with E-state index >= 15 is 0 Å². The van der Waals surface area contributed by atoms with Gasteiger partial charge in [0.15, 0.2) is 0 Å². The molecule has 30 heavy (non-hydrogen) atoms. The van der Waals surface area contributed by atoms with Gasteiger partial charge in [-0.15, -0.1) is 0 Å². The minimum Gasteiger partial charge on any atom is -0.356 e. The van der Waals surface area contributed by atoms with E-state index in [-0.39, 0.29) is 10.8 Å². The molecule has 6 rings (SSSR count). The van der Waals surface area contributed by atoms with Gasteiger partial charge in [0.05, 0.1) is 5.41 Å². The molecule has 4 bridgehead atoms. The molecule has 4 aliphatic carbocycles. The highest BCUT2D eigenvalue weighted by atomic mass is 16.2. The molecule has 1 aromatic carbocycles. The van der Waals surface area contributed by atoms with Gasteiger partial charge in [-0.1, -0.05) is 29.8 Å². The highest BCUT2D eigenvalue weighted by Crippen LogP contribution is 2.65. The van der Waals surface area contributed by atoms with Gasteiger partial charge in [-0.25, -0.2) is 0 Å². The van der Waals surface area contributed by atoms with Crippen molar-refractivity contribution in [1.82, 2.24) is 15.1 Å². The Morgan fingerprint density at radius 3 is 2.37 bits per heavy atom.